The molecule has 0 amide bonds. The van der Waals surface area contributed by atoms with Gasteiger partial charge in [0.2, 0.25) is 0 Å². The number of anilines is 1. The number of aromatic nitrogens is 1. The van der Waals surface area contributed by atoms with Gasteiger partial charge in [-0.25, -0.2) is 0 Å². The first-order valence-electron chi connectivity index (χ1n) is 6.87. The van der Waals surface area contributed by atoms with Gasteiger partial charge in [0.25, 0.3) is 0 Å². The number of nitrogens with zero attached hydrogens (tertiary/aromatic N) is 1. The second-order valence-corrected chi connectivity index (χ2v) is 5.34. The van der Waals surface area contributed by atoms with Gasteiger partial charge >= 0.3 is 5.97 Å². The Morgan fingerprint density at radius 2 is 2.16 bits per heavy atom. The van der Waals surface area contributed by atoms with Crippen LogP contribution in [-0.4, -0.2) is 22.6 Å². The molecule has 4 nitrogen and oxygen atoms in total. The molecule has 1 heterocycles. The van der Waals surface area contributed by atoms with Crippen molar-refractivity contribution in [2.24, 2.45) is 11.8 Å². The number of rotatable bonds is 8. The monoisotopic (exact) mass is 264 g/mol. The van der Waals surface area contributed by atoms with E-state index in [-0.39, 0.29) is 6.42 Å². The molecule has 106 valence electrons. The van der Waals surface area contributed by atoms with E-state index in [0.717, 1.165) is 30.8 Å². The fourth-order valence-corrected chi connectivity index (χ4v) is 2.18. The third-order valence-corrected chi connectivity index (χ3v) is 3.41. The lowest BCUT2D eigenvalue weighted by Crippen LogP contribution is -2.15. The molecule has 19 heavy (non-hydrogen) atoms. The van der Waals surface area contributed by atoms with Gasteiger partial charge < -0.3 is 10.4 Å². The van der Waals surface area contributed by atoms with Gasteiger partial charge in [0, 0.05) is 30.5 Å². The number of aliphatic carboxylic acids is 1. The molecule has 0 saturated heterocycles. The topological polar surface area (TPSA) is 62.2 Å². The van der Waals surface area contributed by atoms with Crippen molar-refractivity contribution < 1.29 is 9.90 Å². The highest BCUT2D eigenvalue weighted by Gasteiger charge is 2.14. The number of aryl methyl sites for hydroxylation is 1. The molecule has 1 unspecified atom stereocenters. The average molecular weight is 264 g/mol. The predicted octanol–water partition coefficient (Wildman–Crippen LogP) is 3.33. The van der Waals surface area contributed by atoms with Crippen LogP contribution in [0.1, 0.15) is 38.8 Å². The Bertz CT molecular complexity index is 405. The highest BCUT2D eigenvalue weighted by atomic mass is 16.4. The Kier molecular flexibility index (Phi) is 6.33. The molecule has 0 aliphatic rings. The third kappa shape index (κ3) is 6.22. The maximum atomic E-state index is 10.6. The third-order valence-electron chi connectivity index (χ3n) is 3.41. The zero-order chi connectivity index (χ0) is 14.3. The van der Waals surface area contributed by atoms with Crippen molar-refractivity contribution in [1.82, 2.24) is 4.98 Å². The first-order chi connectivity index (χ1) is 8.99. The standard InChI is InChI=1S/C15H24N2O2/c1-11(2)13(4-5-15(18)19)6-8-17-14-7-9-16-12(3)10-14/h7,9-11,13H,4-6,8H2,1-3H3,(H,16,17)(H,18,19). The summed E-state index contributed by atoms with van der Waals surface area (Å²) >= 11 is 0. The van der Waals surface area contributed by atoms with Gasteiger partial charge in [-0.1, -0.05) is 13.8 Å². The second kappa shape index (κ2) is 7.77. The van der Waals surface area contributed by atoms with Crippen LogP contribution in [0.25, 0.3) is 0 Å². The highest BCUT2D eigenvalue weighted by Crippen LogP contribution is 2.21. The molecule has 0 radical (unpaired) electrons. The minimum absolute atomic E-state index is 0.261. The van der Waals surface area contributed by atoms with Crippen LogP contribution in [0.5, 0.6) is 0 Å². The average Bonchev–Trinajstić information content (AvgIpc) is 2.32. The molecule has 0 spiro atoms. The number of carbonyl (C=O) groups is 1. The van der Waals surface area contributed by atoms with Gasteiger partial charge in [0.05, 0.1) is 0 Å². The predicted molar refractivity (Wildman–Crippen MR) is 77.3 cm³/mol. The van der Waals surface area contributed by atoms with Gasteiger partial charge in [0.1, 0.15) is 0 Å². The van der Waals surface area contributed by atoms with E-state index < -0.39 is 5.97 Å². The molecule has 0 aromatic carbocycles. The summed E-state index contributed by atoms with van der Waals surface area (Å²) in [5.74, 6) is 0.259. The second-order valence-electron chi connectivity index (χ2n) is 5.34. The normalized spacial score (nSPS) is 12.4. The van der Waals surface area contributed by atoms with Crippen LogP contribution in [0.3, 0.4) is 0 Å². The molecule has 0 fully saturated rings. The molecule has 1 aromatic rings. The van der Waals surface area contributed by atoms with Crippen LogP contribution in [0.4, 0.5) is 5.69 Å². The molecule has 1 atom stereocenters. The quantitative estimate of drug-likeness (QED) is 0.756. The zero-order valence-electron chi connectivity index (χ0n) is 12.0. The van der Waals surface area contributed by atoms with E-state index in [2.05, 4.69) is 24.1 Å². The van der Waals surface area contributed by atoms with E-state index in [4.69, 9.17) is 5.11 Å². The molecule has 1 aromatic heterocycles. The number of carboxylic acids is 1. The molecule has 4 heteroatoms. The Labute approximate surface area is 115 Å². The van der Waals surface area contributed by atoms with Crippen LogP contribution in [0.15, 0.2) is 18.3 Å². The van der Waals surface area contributed by atoms with E-state index in [0.29, 0.717) is 11.8 Å². The molecular weight excluding hydrogens is 240 g/mol. The molecule has 2 N–H and O–H groups in total. The number of hydrogen-bond donors (Lipinski definition) is 2. The van der Waals surface area contributed by atoms with Crippen molar-refractivity contribution >= 4 is 11.7 Å². The fraction of sp³-hybridized carbons (Fsp3) is 0.600. The van der Waals surface area contributed by atoms with Crippen LogP contribution in [0, 0.1) is 18.8 Å². The molecule has 0 saturated carbocycles. The van der Waals surface area contributed by atoms with E-state index >= 15 is 0 Å². The van der Waals surface area contributed by atoms with E-state index in [1.807, 2.05) is 19.1 Å². The summed E-state index contributed by atoms with van der Waals surface area (Å²) in [6.45, 7) is 7.15. The van der Waals surface area contributed by atoms with Crippen molar-refractivity contribution in [3.05, 3.63) is 24.0 Å². The van der Waals surface area contributed by atoms with Crippen molar-refractivity contribution in [2.75, 3.05) is 11.9 Å². The van der Waals surface area contributed by atoms with Crippen LogP contribution < -0.4 is 5.32 Å². The highest BCUT2D eigenvalue weighted by molar-refractivity contribution is 5.66. The molecular formula is C15H24N2O2. The van der Waals surface area contributed by atoms with Crippen LogP contribution >= 0.6 is 0 Å². The largest absolute Gasteiger partial charge is 0.481 e. The molecule has 0 bridgehead atoms. The lowest BCUT2D eigenvalue weighted by Gasteiger charge is -2.20. The summed E-state index contributed by atoms with van der Waals surface area (Å²) in [4.78, 5) is 14.8. The van der Waals surface area contributed by atoms with Crippen molar-refractivity contribution in [3.63, 3.8) is 0 Å². The Balaban J connectivity index is 2.37. The van der Waals surface area contributed by atoms with E-state index in [9.17, 15) is 4.79 Å². The lowest BCUT2D eigenvalue weighted by atomic mass is 9.88. The van der Waals surface area contributed by atoms with Crippen molar-refractivity contribution in [3.8, 4) is 0 Å². The summed E-state index contributed by atoms with van der Waals surface area (Å²) in [7, 11) is 0. The van der Waals surface area contributed by atoms with Crippen LogP contribution in [-0.2, 0) is 4.79 Å². The minimum Gasteiger partial charge on any atom is -0.481 e. The van der Waals surface area contributed by atoms with Gasteiger partial charge in [-0.05, 0) is 43.7 Å². The number of pyridine rings is 1. The van der Waals surface area contributed by atoms with Gasteiger partial charge in [-0.15, -0.1) is 0 Å². The summed E-state index contributed by atoms with van der Waals surface area (Å²) in [5, 5.41) is 12.1. The summed E-state index contributed by atoms with van der Waals surface area (Å²) < 4.78 is 0. The fourth-order valence-electron chi connectivity index (χ4n) is 2.18. The smallest absolute Gasteiger partial charge is 0.303 e. The first-order valence-corrected chi connectivity index (χ1v) is 6.87. The van der Waals surface area contributed by atoms with E-state index in [1.165, 1.54) is 0 Å². The Morgan fingerprint density at radius 3 is 2.74 bits per heavy atom. The summed E-state index contributed by atoms with van der Waals surface area (Å²) in [6, 6.07) is 3.97. The first kappa shape index (κ1) is 15.5. The van der Waals surface area contributed by atoms with Gasteiger partial charge in [-0.3, -0.25) is 9.78 Å². The molecule has 1 rings (SSSR count). The number of carboxylic acid groups (broad SMARTS) is 1. The minimum atomic E-state index is -0.705. The maximum Gasteiger partial charge on any atom is 0.303 e. The molecule has 0 aliphatic heterocycles. The Morgan fingerprint density at radius 1 is 1.42 bits per heavy atom. The zero-order valence-corrected chi connectivity index (χ0v) is 12.0. The van der Waals surface area contributed by atoms with Gasteiger partial charge in [0.15, 0.2) is 0 Å². The summed E-state index contributed by atoms with van der Waals surface area (Å²) in [5.41, 5.74) is 2.07. The molecule has 0 aliphatic carbocycles. The number of hydrogen-bond acceptors (Lipinski definition) is 3. The Hall–Kier alpha value is -1.58. The van der Waals surface area contributed by atoms with Crippen LogP contribution in [0.2, 0.25) is 0 Å². The van der Waals surface area contributed by atoms with E-state index in [1.54, 1.807) is 6.20 Å². The van der Waals surface area contributed by atoms with Crippen molar-refractivity contribution in [1.29, 1.82) is 0 Å². The lowest BCUT2D eigenvalue weighted by molar-refractivity contribution is -0.137. The summed E-state index contributed by atoms with van der Waals surface area (Å²) in [6.07, 6.45) is 3.80. The van der Waals surface area contributed by atoms with Gasteiger partial charge in [-0.2, -0.15) is 0 Å². The number of nitrogens with one attached hydrogen (secondary N) is 1. The SMILES string of the molecule is Cc1cc(NCCC(CCC(=O)O)C(C)C)ccn1. The van der Waals surface area contributed by atoms with Crippen molar-refractivity contribution in [2.45, 2.75) is 40.0 Å². The maximum absolute atomic E-state index is 10.6.